The Morgan fingerprint density at radius 2 is 1.83 bits per heavy atom. The number of hydrogen-bond donors (Lipinski definition) is 0. The summed E-state index contributed by atoms with van der Waals surface area (Å²) in [6.45, 7) is 7.58. The first kappa shape index (κ1) is 25.9. The third-order valence-electron chi connectivity index (χ3n) is 6.52. The molecule has 4 rings (SSSR count). The van der Waals surface area contributed by atoms with Gasteiger partial charge in [0.1, 0.15) is 24.7 Å². The van der Waals surface area contributed by atoms with E-state index in [1.54, 1.807) is 28.4 Å². The molecule has 2 aromatic carbocycles. The average Bonchev–Trinajstić information content (AvgIpc) is 3.35. The predicted octanol–water partition coefficient (Wildman–Crippen LogP) is 5.89. The van der Waals surface area contributed by atoms with Crippen LogP contribution in [-0.4, -0.2) is 47.9 Å². The van der Waals surface area contributed by atoms with Gasteiger partial charge in [0.15, 0.2) is 0 Å². The van der Waals surface area contributed by atoms with Crippen LogP contribution in [0.4, 0.5) is 4.39 Å². The summed E-state index contributed by atoms with van der Waals surface area (Å²) < 4.78 is 19.3. The van der Waals surface area contributed by atoms with Crippen molar-refractivity contribution in [3.05, 3.63) is 87.4 Å². The van der Waals surface area contributed by atoms with Crippen molar-refractivity contribution in [1.82, 2.24) is 9.80 Å². The molecule has 0 aliphatic carbocycles. The molecule has 1 aromatic heterocycles. The third-order valence-corrected chi connectivity index (χ3v) is 7.52. The van der Waals surface area contributed by atoms with Gasteiger partial charge in [0, 0.05) is 23.5 Å². The van der Waals surface area contributed by atoms with Gasteiger partial charge in [0.25, 0.3) is 5.91 Å². The molecule has 0 saturated heterocycles. The highest BCUT2D eigenvalue weighted by molar-refractivity contribution is 7.10. The van der Waals surface area contributed by atoms with Crippen LogP contribution in [0.3, 0.4) is 0 Å². The van der Waals surface area contributed by atoms with Crippen LogP contribution in [0.15, 0.2) is 60.0 Å². The van der Waals surface area contributed by atoms with Gasteiger partial charge in [-0.3, -0.25) is 9.59 Å². The lowest BCUT2D eigenvalue weighted by atomic mass is 10.00. The van der Waals surface area contributed by atoms with Crippen LogP contribution in [0.1, 0.15) is 52.7 Å². The fourth-order valence-corrected chi connectivity index (χ4v) is 5.31. The standard InChI is InChI=1S/C29H33FN2O3S/c1-20(2)12-15-31(29(34)22-6-4-21(3)5-7-22)18-28(33)32-16-13-27-25(14-17-36-27)26(32)19-35-24-10-8-23(30)9-11-24/h4-11,14,17,20,26H,12-13,15-16,18-19H2,1-3H3/t26-/m1/s1. The van der Waals surface area contributed by atoms with Crippen LogP contribution < -0.4 is 4.74 Å². The Morgan fingerprint density at radius 3 is 2.53 bits per heavy atom. The number of ether oxygens (including phenoxy) is 1. The molecule has 0 fully saturated rings. The van der Waals surface area contributed by atoms with E-state index in [-0.39, 0.29) is 36.8 Å². The molecule has 2 heterocycles. The number of rotatable bonds is 9. The van der Waals surface area contributed by atoms with Crippen LogP contribution in [0, 0.1) is 18.7 Å². The molecule has 3 aromatic rings. The highest BCUT2D eigenvalue weighted by Crippen LogP contribution is 2.34. The second kappa shape index (κ2) is 11.7. The minimum atomic E-state index is -0.323. The lowest BCUT2D eigenvalue weighted by molar-refractivity contribution is -0.135. The molecule has 2 amide bonds. The SMILES string of the molecule is Cc1ccc(C(=O)N(CCC(C)C)CC(=O)N2CCc3sccc3[C@H]2COc2ccc(F)cc2)cc1. The quantitative estimate of drug-likeness (QED) is 0.362. The number of aryl methyl sites for hydroxylation is 1. The van der Waals surface area contributed by atoms with E-state index in [9.17, 15) is 14.0 Å². The molecule has 0 saturated carbocycles. The van der Waals surface area contributed by atoms with Crippen molar-refractivity contribution < 1.29 is 18.7 Å². The Hall–Kier alpha value is -3.19. The highest BCUT2D eigenvalue weighted by atomic mass is 32.1. The molecule has 1 atom stereocenters. The molecule has 0 bridgehead atoms. The number of hydrogen-bond acceptors (Lipinski definition) is 4. The molecule has 36 heavy (non-hydrogen) atoms. The number of thiophene rings is 1. The molecular formula is C29H33FN2O3S. The number of benzene rings is 2. The molecule has 1 aliphatic heterocycles. The number of carbonyl (C=O) groups is 2. The maximum absolute atomic E-state index is 13.7. The van der Waals surface area contributed by atoms with E-state index < -0.39 is 0 Å². The van der Waals surface area contributed by atoms with E-state index in [1.165, 1.54) is 17.0 Å². The maximum Gasteiger partial charge on any atom is 0.254 e. The molecular weight excluding hydrogens is 475 g/mol. The zero-order valence-corrected chi connectivity index (χ0v) is 21.9. The van der Waals surface area contributed by atoms with E-state index in [4.69, 9.17) is 4.74 Å². The number of halogens is 1. The van der Waals surface area contributed by atoms with Crippen LogP contribution >= 0.6 is 11.3 Å². The Bertz CT molecular complexity index is 1170. The Balaban J connectivity index is 1.52. The normalized spacial score (nSPS) is 15.0. The maximum atomic E-state index is 13.7. The largest absolute Gasteiger partial charge is 0.491 e. The van der Waals surface area contributed by atoms with Crippen molar-refractivity contribution in [2.24, 2.45) is 5.92 Å². The van der Waals surface area contributed by atoms with Crippen molar-refractivity contribution in [2.45, 2.75) is 39.7 Å². The summed E-state index contributed by atoms with van der Waals surface area (Å²) in [6.07, 6.45) is 1.60. The molecule has 0 spiro atoms. The summed E-state index contributed by atoms with van der Waals surface area (Å²) in [4.78, 5) is 31.8. The van der Waals surface area contributed by atoms with Gasteiger partial charge >= 0.3 is 0 Å². The van der Waals surface area contributed by atoms with Crippen LogP contribution in [0.5, 0.6) is 5.75 Å². The number of amides is 2. The third kappa shape index (κ3) is 6.32. The van der Waals surface area contributed by atoms with Gasteiger partial charge in [-0.2, -0.15) is 0 Å². The minimum absolute atomic E-state index is 0.0198. The fourth-order valence-electron chi connectivity index (χ4n) is 4.38. The van der Waals surface area contributed by atoms with Crippen LogP contribution in [0.25, 0.3) is 0 Å². The van der Waals surface area contributed by atoms with E-state index in [0.29, 0.717) is 30.3 Å². The molecule has 7 heteroatoms. The molecule has 0 radical (unpaired) electrons. The minimum Gasteiger partial charge on any atom is -0.491 e. The Labute approximate surface area is 216 Å². The summed E-state index contributed by atoms with van der Waals surface area (Å²) in [6, 6.07) is 15.2. The van der Waals surface area contributed by atoms with Gasteiger partial charge in [-0.25, -0.2) is 4.39 Å². The average molecular weight is 509 g/mol. The number of fused-ring (bicyclic) bond motifs is 1. The molecule has 0 N–H and O–H groups in total. The molecule has 1 aliphatic rings. The van der Waals surface area contributed by atoms with E-state index in [1.807, 2.05) is 47.5 Å². The van der Waals surface area contributed by atoms with Gasteiger partial charge in [0.05, 0.1) is 6.04 Å². The van der Waals surface area contributed by atoms with Gasteiger partial charge in [-0.05, 0) is 79.1 Å². The zero-order valence-electron chi connectivity index (χ0n) is 21.1. The van der Waals surface area contributed by atoms with Crippen LogP contribution in [0.2, 0.25) is 0 Å². The number of nitrogens with zero attached hydrogens (tertiary/aromatic N) is 2. The van der Waals surface area contributed by atoms with Crippen molar-refractivity contribution in [2.75, 3.05) is 26.2 Å². The second-order valence-electron chi connectivity index (χ2n) is 9.69. The predicted molar refractivity (Wildman–Crippen MR) is 141 cm³/mol. The lowest BCUT2D eigenvalue weighted by Gasteiger charge is -2.37. The summed E-state index contributed by atoms with van der Waals surface area (Å²) in [5, 5.41) is 2.04. The van der Waals surface area contributed by atoms with Gasteiger partial charge < -0.3 is 14.5 Å². The monoisotopic (exact) mass is 508 g/mol. The van der Waals surface area contributed by atoms with Gasteiger partial charge in [-0.15, -0.1) is 11.3 Å². The Morgan fingerprint density at radius 1 is 1.11 bits per heavy atom. The molecule has 190 valence electrons. The second-order valence-corrected chi connectivity index (χ2v) is 10.7. The summed E-state index contributed by atoms with van der Waals surface area (Å²) in [5.74, 6) is 0.421. The van der Waals surface area contributed by atoms with E-state index in [2.05, 4.69) is 13.8 Å². The first-order valence-electron chi connectivity index (χ1n) is 12.4. The summed E-state index contributed by atoms with van der Waals surface area (Å²) in [5.41, 5.74) is 2.76. The Kier molecular flexibility index (Phi) is 8.41. The zero-order chi connectivity index (χ0) is 25.7. The van der Waals surface area contributed by atoms with E-state index in [0.717, 1.165) is 24.0 Å². The first-order chi connectivity index (χ1) is 17.3. The van der Waals surface area contributed by atoms with Crippen molar-refractivity contribution in [3.63, 3.8) is 0 Å². The van der Waals surface area contributed by atoms with E-state index >= 15 is 0 Å². The van der Waals surface area contributed by atoms with Crippen molar-refractivity contribution >= 4 is 23.2 Å². The highest BCUT2D eigenvalue weighted by Gasteiger charge is 2.33. The van der Waals surface area contributed by atoms with Crippen LogP contribution in [-0.2, 0) is 11.2 Å². The smallest absolute Gasteiger partial charge is 0.254 e. The van der Waals surface area contributed by atoms with Gasteiger partial charge in [-0.1, -0.05) is 31.5 Å². The van der Waals surface area contributed by atoms with Crippen molar-refractivity contribution in [3.8, 4) is 5.75 Å². The number of carbonyl (C=O) groups excluding carboxylic acids is 2. The molecule has 5 nitrogen and oxygen atoms in total. The topological polar surface area (TPSA) is 49.9 Å². The first-order valence-corrected chi connectivity index (χ1v) is 13.3. The van der Waals surface area contributed by atoms with Crippen molar-refractivity contribution in [1.29, 1.82) is 0 Å². The summed E-state index contributed by atoms with van der Waals surface area (Å²) in [7, 11) is 0. The summed E-state index contributed by atoms with van der Waals surface area (Å²) >= 11 is 1.69. The van der Waals surface area contributed by atoms with Gasteiger partial charge in [0.2, 0.25) is 5.91 Å². The molecule has 0 unspecified atom stereocenters. The lowest BCUT2D eigenvalue weighted by Crippen LogP contribution is -2.48. The fraction of sp³-hybridized carbons (Fsp3) is 0.379.